The topological polar surface area (TPSA) is 3.24 Å². The number of hydrogen-bond acceptors (Lipinski definition) is 1. The molecule has 0 atom stereocenters. The van der Waals surface area contributed by atoms with Crippen molar-refractivity contribution in [1.82, 2.24) is 0 Å². The van der Waals surface area contributed by atoms with E-state index in [0.29, 0.717) is 0 Å². The molecule has 0 heterocycles. The first-order valence-electron chi connectivity index (χ1n) is 22.3. The summed E-state index contributed by atoms with van der Waals surface area (Å²) in [7, 11) is 0. The molecule has 0 fully saturated rings. The number of hydrogen-bond donors (Lipinski definition) is 0. The molecule has 0 saturated carbocycles. The molecule has 1 nitrogen and oxygen atoms in total. The van der Waals surface area contributed by atoms with Gasteiger partial charge in [0, 0.05) is 22.4 Å². The van der Waals surface area contributed by atoms with E-state index < -0.39 is 0 Å². The normalized spacial score (nSPS) is 12.7. The Morgan fingerprint density at radius 2 is 0.859 bits per heavy atom. The van der Waals surface area contributed by atoms with Gasteiger partial charge in [-0.2, -0.15) is 0 Å². The Balaban J connectivity index is 1.14. The van der Waals surface area contributed by atoms with Gasteiger partial charge in [0.1, 0.15) is 0 Å². The highest BCUT2D eigenvalue weighted by molar-refractivity contribution is 6.15. The van der Waals surface area contributed by atoms with Crippen LogP contribution in [0.15, 0.2) is 237 Å². The summed E-state index contributed by atoms with van der Waals surface area (Å²) in [6.45, 7) is 4.75. The van der Waals surface area contributed by atoms with E-state index in [4.69, 9.17) is 0 Å². The fourth-order valence-corrected chi connectivity index (χ4v) is 10.4. The van der Waals surface area contributed by atoms with E-state index in [1.165, 1.54) is 93.5 Å². The van der Waals surface area contributed by atoms with Gasteiger partial charge in [0.2, 0.25) is 0 Å². The van der Waals surface area contributed by atoms with Gasteiger partial charge < -0.3 is 4.90 Å². The van der Waals surface area contributed by atoms with Crippen LogP contribution in [-0.4, -0.2) is 0 Å². The molecule has 1 aliphatic rings. The van der Waals surface area contributed by atoms with Gasteiger partial charge in [-0.3, -0.25) is 0 Å². The molecule has 0 bridgehead atoms. The summed E-state index contributed by atoms with van der Waals surface area (Å²) in [4.78, 5) is 2.52. The third kappa shape index (κ3) is 6.23. The summed E-state index contributed by atoms with van der Waals surface area (Å²) in [5.74, 6) is 0. The zero-order chi connectivity index (χ0) is 42.8. The Morgan fingerprint density at radius 3 is 1.66 bits per heavy atom. The highest BCUT2D eigenvalue weighted by Crippen LogP contribution is 2.53. The zero-order valence-electron chi connectivity index (χ0n) is 36.0. The van der Waals surface area contributed by atoms with Crippen LogP contribution in [0.3, 0.4) is 0 Å². The van der Waals surface area contributed by atoms with Gasteiger partial charge in [-0.05, 0) is 136 Å². The number of benzene rings is 11. The van der Waals surface area contributed by atoms with Crippen molar-refractivity contribution in [1.29, 1.82) is 0 Å². The molecule has 12 rings (SSSR count). The van der Waals surface area contributed by atoms with Crippen molar-refractivity contribution in [3.8, 4) is 55.6 Å². The maximum atomic E-state index is 2.52. The van der Waals surface area contributed by atoms with Crippen LogP contribution in [0.5, 0.6) is 0 Å². The zero-order valence-corrected chi connectivity index (χ0v) is 36.0. The minimum atomic E-state index is -0.163. The van der Waals surface area contributed by atoms with Crippen molar-refractivity contribution in [2.75, 3.05) is 4.90 Å². The molecule has 0 aliphatic heterocycles. The van der Waals surface area contributed by atoms with Gasteiger partial charge in [0.05, 0.1) is 5.69 Å². The summed E-state index contributed by atoms with van der Waals surface area (Å²) in [5, 5.41) is 7.40. The smallest absolute Gasteiger partial charge is 0.0546 e. The first-order valence-corrected chi connectivity index (χ1v) is 22.3. The maximum Gasteiger partial charge on any atom is 0.0546 e. The van der Waals surface area contributed by atoms with Gasteiger partial charge in [0.25, 0.3) is 0 Å². The SMILES string of the molecule is CC1(C)c2ccccc2-c2ccc(N(c3ccc4ccc(-c5ccccc5)cc4c3)c3cccc(-c4cc5ccccc5c5ccccc45)c3-c3ccc(-c4ccccc4)cc3)cc21. The van der Waals surface area contributed by atoms with Crippen molar-refractivity contribution in [2.24, 2.45) is 0 Å². The van der Waals surface area contributed by atoms with Crippen LogP contribution < -0.4 is 4.90 Å². The van der Waals surface area contributed by atoms with Crippen LogP contribution in [0.1, 0.15) is 25.0 Å². The molecule has 302 valence electrons. The quantitative estimate of drug-likeness (QED) is 0.145. The Hall–Kier alpha value is -8.00. The van der Waals surface area contributed by atoms with Crippen LogP contribution in [0.4, 0.5) is 17.1 Å². The molecule has 0 spiro atoms. The lowest BCUT2D eigenvalue weighted by molar-refractivity contribution is 0.660. The van der Waals surface area contributed by atoms with Crippen molar-refractivity contribution >= 4 is 49.4 Å². The Kier molecular flexibility index (Phi) is 8.91. The molecule has 0 radical (unpaired) electrons. The van der Waals surface area contributed by atoms with E-state index in [0.717, 1.165) is 22.6 Å². The van der Waals surface area contributed by atoms with Crippen molar-refractivity contribution in [2.45, 2.75) is 19.3 Å². The van der Waals surface area contributed by atoms with E-state index in [9.17, 15) is 0 Å². The van der Waals surface area contributed by atoms with E-state index in [-0.39, 0.29) is 5.41 Å². The lowest BCUT2D eigenvalue weighted by atomic mass is 9.82. The van der Waals surface area contributed by atoms with E-state index in [1.54, 1.807) is 0 Å². The molecular formula is C63H45N. The molecule has 0 amide bonds. The van der Waals surface area contributed by atoms with Crippen LogP contribution in [0.25, 0.3) is 88.0 Å². The summed E-state index contributed by atoms with van der Waals surface area (Å²) in [6, 6.07) is 87.5. The predicted octanol–water partition coefficient (Wildman–Crippen LogP) is 17.6. The van der Waals surface area contributed by atoms with Crippen LogP contribution >= 0.6 is 0 Å². The van der Waals surface area contributed by atoms with Gasteiger partial charge in [0.15, 0.2) is 0 Å². The second-order valence-electron chi connectivity index (χ2n) is 17.7. The van der Waals surface area contributed by atoms with Crippen molar-refractivity contribution in [3.63, 3.8) is 0 Å². The monoisotopic (exact) mass is 815 g/mol. The molecule has 64 heavy (non-hydrogen) atoms. The second-order valence-corrected chi connectivity index (χ2v) is 17.7. The summed E-state index contributed by atoms with van der Waals surface area (Å²) in [6.07, 6.45) is 0. The molecule has 0 aromatic heterocycles. The van der Waals surface area contributed by atoms with Crippen LogP contribution in [0.2, 0.25) is 0 Å². The van der Waals surface area contributed by atoms with Crippen molar-refractivity contribution in [3.05, 3.63) is 248 Å². The van der Waals surface area contributed by atoms with Gasteiger partial charge in [-0.15, -0.1) is 0 Å². The third-order valence-electron chi connectivity index (χ3n) is 13.6. The number of anilines is 3. The van der Waals surface area contributed by atoms with E-state index in [1.807, 2.05) is 0 Å². The van der Waals surface area contributed by atoms with Gasteiger partial charge >= 0.3 is 0 Å². The third-order valence-corrected chi connectivity index (χ3v) is 13.6. The van der Waals surface area contributed by atoms with Crippen LogP contribution in [0, 0.1) is 0 Å². The summed E-state index contributed by atoms with van der Waals surface area (Å²) >= 11 is 0. The first-order chi connectivity index (χ1) is 31.5. The molecule has 1 heteroatoms. The van der Waals surface area contributed by atoms with Gasteiger partial charge in [-0.25, -0.2) is 0 Å². The number of fused-ring (bicyclic) bond motifs is 7. The molecular weight excluding hydrogens is 771 g/mol. The second kappa shape index (κ2) is 15.1. The Bertz CT molecular complexity index is 3560. The van der Waals surface area contributed by atoms with E-state index in [2.05, 4.69) is 255 Å². The Labute approximate surface area is 375 Å². The summed E-state index contributed by atoms with van der Waals surface area (Å²) in [5.41, 5.74) is 18.1. The first kappa shape index (κ1) is 37.7. The Morgan fingerprint density at radius 1 is 0.297 bits per heavy atom. The van der Waals surface area contributed by atoms with Crippen molar-refractivity contribution < 1.29 is 0 Å². The molecule has 1 aliphatic carbocycles. The fraction of sp³-hybridized carbons (Fsp3) is 0.0476. The molecule has 0 unspecified atom stereocenters. The van der Waals surface area contributed by atoms with Gasteiger partial charge in [-0.1, -0.05) is 208 Å². The maximum absolute atomic E-state index is 2.52. The highest BCUT2D eigenvalue weighted by atomic mass is 15.1. The molecule has 0 N–H and O–H groups in total. The molecule has 11 aromatic carbocycles. The number of nitrogens with zero attached hydrogens (tertiary/aromatic N) is 1. The average molecular weight is 816 g/mol. The largest absolute Gasteiger partial charge is 0.310 e. The lowest BCUT2D eigenvalue weighted by Crippen LogP contribution is -2.17. The van der Waals surface area contributed by atoms with Crippen LogP contribution in [-0.2, 0) is 5.41 Å². The van der Waals surface area contributed by atoms with E-state index >= 15 is 0 Å². The molecule has 0 saturated heterocycles. The lowest BCUT2D eigenvalue weighted by Gasteiger charge is -2.31. The summed E-state index contributed by atoms with van der Waals surface area (Å²) < 4.78 is 0. The molecule has 11 aromatic rings. The number of rotatable bonds is 7. The highest BCUT2D eigenvalue weighted by Gasteiger charge is 2.36. The average Bonchev–Trinajstić information content (AvgIpc) is 3.59. The fourth-order valence-electron chi connectivity index (χ4n) is 10.4. The minimum Gasteiger partial charge on any atom is -0.310 e. The predicted molar refractivity (Wildman–Crippen MR) is 273 cm³/mol. The minimum absolute atomic E-state index is 0.163. The standard InChI is InChI=1S/C63H45N/c1-63(2)59-26-14-13-24-55(59)56-37-36-51(41-60(56)63)64(50-35-34-45-30-33-47(38-49(45)39-50)43-18-7-4-8-19-43)61-27-15-25-57(62(61)46-31-28-44(29-32-46)42-16-5-3-6-17-42)58-40-48-20-9-10-21-52(48)53-22-11-12-23-54(53)58/h3-41H,1-2H3.